The number of hydrazine groups is 1. The quantitative estimate of drug-likeness (QED) is 0.280. The summed E-state index contributed by atoms with van der Waals surface area (Å²) in [6.45, 7) is 1.85. The van der Waals surface area contributed by atoms with Gasteiger partial charge in [0, 0.05) is 23.6 Å². The molecule has 0 aliphatic rings. The van der Waals surface area contributed by atoms with Gasteiger partial charge in [-0.05, 0) is 34.2 Å². The van der Waals surface area contributed by atoms with Gasteiger partial charge in [-0.1, -0.05) is 0 Å². The zero-order valence-electron chi connectivity index (χ0n) is 11.0. The fourth-order valence-corrected chi connectivity index (χ4v) is 1.86. The first kappa shape index (κ1) is 15.9. The maximum absolute atomic E-state index is 11.7. The van der Waals surface area contributed by atoms with Crippen molar-refractivity contribution in [1.29, 1.82) is 0 Å². The van der Waals surface area contributed by atoms with Crippen molar-refractivity contribution >= 4 is 39.2 Å². The summed E-state index contributed by atoms with van der Waals surface area (Å²) >= 11 is 8.31. The lowest BCUT2D eigenvalue weighted by molar-refractivity contribution is -0.858. The van der Waals surface area contributed by atoms with E-state index >= 15 is 0 Å². The molecule has 0 aromatic carbocycles. The summed E-state index contributed by atoms with van der Waals surface area (Å²) in [6, 6.07) is 1.69. The molecular formula is C11H19BrN5OS+. The molecule has 0 aliphatic heterocycles. The van der Waals surface area contributed by atoms with Crippen LogP contribution < -0.4 is 21.1 Å². The van der Waals surface area contributed by atoms with Gasteiger partial charge in [0.25, 0.3) is 5.91 Å². The summed E-state index contributed by atoms with van der Waals surface area (Å²) < 4.78 is 0.824. The highest BCUT2D eigenvalue weighted by Gasteiger charge is 2.07. The van der Waals surface area contributed by atoms with E-state index in [1.54, 1.807) is 12.3 Å². The zero-order valence-corrected chi connectivity index (χ0v) is 13.4. The number of amides is 1. The standard InChI is InChI=1S/C11H18BrN5OS/c1-17(2)5-3-4-13-11(19)16-15-10(18)9-6-8(12)7-14-9/h6-7,14H,3-5H2,1-2H3,(H,15,18)(H2,13,16,19)/p+1. The zero-order chi connectivity index (χ0) is 14.3. The third-order valence-corrected chi connectivity index (χ3v) is 3.03. The second-order valence-corrected chi connectivity index (χ2v) is 5.70. The molecule has 1 aromatic rings. The molecular weight excluding hydrogens is 330 g/mol. The Kier molecular flexibility index (Phi) is 6.82. The molecule has 0 saturated heterocycles. The van der Waals surface area contributed by atoms with E-state index in [2.05, 4.69) is 51.2 Å². The highest BCUT2D eigenvalue weighted by molar-refractivity contribution is 9.10. The molecule has 1 heterocycles. The van der Waals surface area contributed by atoms with Crippen molar-refractivity contribution in [2.24, 2.45) is 0 Å². The predicted octanol–water partition coefficient (Wildman–Crippen LogP) is -0.579. The molecule has 19 heavy (non-hydrogen) atoms. The van der Waals surface area contributed by atoms with E-state index in [1.165, 1.54) is 4.90 Å². The summed E-state index contributed by atoms with van der Waals surface area (Å²) in [5, 5.41) is 3.43. The molecule has 0 atom stereocenters. The first-order chi connectivity index (χ1) is 8.99. The van der Waals surface area contributed by atoms with Gasteiger partial charge >= 0.3 is 0 Å². The molecule has 1 amide bonds. The molecule has 0 aliphatic carbocycles. The van der Waals surface area contributed by atoms with Crippen molar-refractivity contribution in [3.8, 4) is 0 Å². The summed E-state index contributed by atoms with van der Waals surface area (Å²) in [7, 11) is 4.20. The van der Waals surface area contributed by atoms with Crippen LogP contribution in [0.5, 0.6) is 0 Å². The molecule has 0 fully saturated rings. The van der Waals surface area contributed by atoms with Crippen LogP contribution in [-0.4, -0.2) is 43.2 Å². The van der Waals surface area contributed by atoms with Crippen molar-refractivity contribution < 1.29 is 9.69 Å². The minimum atomic E-state index is -0.271. The third kappa shape index (κ3) is 6.55. The van der Waals surface area contributed by atoms with Crippen molar-refractivity contribution in [3.05, 3.63) is 22.4 Å². The third-order valence-electron chi connectivity index (χ3n) is 2.32. The molecule has 0 bridgehead atoms. The van der Waals surface area contributed by atoms with Gasteiger partial charge in [-0.15, -0.1) is 0 Å². The smallest absolute Gasteiger partial charge is 0.286 e. The van der Waals surface area contributed by atoms with E-state index in [1.807, 2.05) is 0 Å². The largest absolute Gasteiger partial charge is 0.361 e. The van der Waals surface area contributed by atoms with Gasteiger partial charge in [-0.3, -0.25) is 15.6 Å². The Labute approximate surface area is 126 Å². The molecule has 0 saturated carbocycles. The molecule has 5 N–H and O–H groups in total. The normalized spacial score (nSPS) is 10.3. The fourth-order valence-electron chi connectivity index (χ4n) is 1.37. The molecule has 0 radical (unpaired) electrons. The highest BCUT2D eigenvalue weighted by atomic mass is 79.9. The number of H-pyrrole nitrogens is 1. The van der Waals surface area contributed by atoms with Crippen LogP contribution in [-0.2, 0) is 0 Å². The minimum Gasteiger partial charge on any atom is -0.361 e. The van der Waals surface area contributed by atoms with E-state index in [0.29, 0.717) is 10.8 Å². The number of hydrogen-bond donors (Lipinski definition) is 5. The Morgan fingerprint density at radius 3 is 2.79 bits per heavy atom. The number of rotatable bonds is 5. The number of thiocarbonyl (C=S) groups is 1. The Bertz CT molecular complexity index is 434. The van der Waals surface area contributed by atoms with Crippen molar-refractivity contribution in [3.63, 3.8) is 0 Å². The molecule has 0 spiro atoms. The van der Waals surface area contributed by atoms with Crippen LogP contribution in [0.1, 0.15) is 16.9 Å². The maximum Gasteiger partial charge on any atom is 0.286 e. The molecule has 106 valence electrons. The lowest BCUT2D eigenvalue weighted by atomic mass is 10.4. The number of aromatic nitrogens is 1. The van der Waals surface area contributed by atoms with Gasteiger partial charge in [0.05, 0.1) is 20.6 Å². The van der Waals surface area contributed by atoms with Crippen LogP contribution in [0.3, 0.4) is 0 Å². The van der Waals surface area contributed by atoms with Crippen LogP contribution >= 0.6 is 28.1 Å². The summed E-state index contributed by atoms with van der Waals surface area (Å²) in [5.41, 5.74) is 5.63. The van der Waals surface area contributed by atoms with Crippen LogP contribution in [0, 0.1) is 0 Å². The van der Waals surface area contributed by atoms with E-state index < -0.39 is 0 Å². The van der Waals surface area contributed by atoms with E-state index in [0.717, 1.165) is 24.0 Å². The van der Waals surface area contributed by atoms with Crippen molar-refractivity contribution in [2.45, 2.75) is 6.42 Å². The molecule has 8 heteroatoms. The van der Waals surface area contributed by atoms with Crippen LogP contribution in [0.2, 0.25) is 0 Å². The number of carbonyl (C=O) groups is 1. The number of nitrogens with one attached hydrogen (secondary N) is 5. The number of carbonyl (C=O) groups excluding carboxylic acids is 1. The number of quaternary nitrogens is 1. The second kappa shape index (κ2) is 8.13. The van der Waals surface area contributed by atoms with Gasteiger partial charge in [-0.2, -0.15) is 0 Å². The number of halogens is 1. The number of hydrogen-bond acceptors (Lipinski definition) is 2. The molecule has 1 aromatic heterocycles. The topological polar surface area (TPSA) is 73.4 Å². The van der Waals surface area contributed by atoms with Crippen molar-refractivity contribution in [1.82, 2.24) is 21.2 Å². The SMILES string of the molecule is C[NH+](C)CCCNC(=S)NNC(=O)c1cc(Br)c[nH]1. The Morgan fingerprint density at radius 1 is 1.47 bits per heavy atom. The van der Waals surface area contributed by atoms with E-state index in [9.17, 15) is 4.79 Å². The Balaban J connectivity index is 2.18. The van der Waals surface area contributed by atoms with E-state index in [4.69, 9.17) is 12.2 Å². The van der Waals surface area contributed by atoms with E-state index in [-0.39, 0.29) is 5.91 Å². The molecule has 1 rings (SSSR count). The van der Waals surface area contributed by atoms with Crippen LogP contribution in [0.15, 0.2) is 16.7 Å². The van der Waals surface area contributed by atoms with Gasteiger partial charge in [-0.25, -0.2) is 0 Å². The maximum atomic E-state index is 11.7. The van der Waals surface area contributed by atoms with Gasteiger partial charge in [0.2, 0.25) is 0 Å². The van der Waals surface area contributed by atoms with Gasteiger partial charge < -0.3 is 15.2 Å². The van der Waals surface area contributed by atoms with Crippen LogP contribution in [0.4, 0.5) is 0 Å². The summed E-state index contributed by atoms with van der Waals surface area (Å²) in [6.07, 6.45) is 2.71. The molecule has 6 nitrogen and oxygen atoms in total. The monoisotopic (exact) mass is 348 g/mol. The fraction of sp³-hybridized carbons (Fsp3) is 0.455. The minimum absolute atomic E-state index is 0.271. The lowest BCUT2D eigenvalue weighted by Crippen LogP contribution is -3.05. The predicted molar refractivity (Wildman–Crippen MR) is 82.0 cm³/mol. The van der Waals surface area contributed by atoms with Gasteiger partial charge in [0.1, 0.15) is 5.69 Å². The molecule has 0 unspecified atom stereocenters. The first-order valence-corrected chi connectivity index (χ1v) is 7.16. The second-order valence-electron chi connectivity index (χ2n) is 4.38. The number of aromatic amines is 1. The summed E-state index contributed by atoms with van der Waals surface area (Å²) in [5.74, 6) is -0.271. The Hall–Kier alpha value is -1.12. The van der Waals surface area contributed by atoms with Crippen LogP contribution in [0.25, 0.3) is 0 Å². The highest BCUT2D eigenvalue weighted by Crippen LogP contribution is 2.09. The van der Waals surface area contributed by atoms with Gasteiger partial charge in [0.15, 0.2) is 5.11 Å². The average Bonchev–Trinajstić information content (AvgIpc) is 2.78. The lowest BCUT2D eigenvalue weighted by Gasteiger charge is -2.11. The Morgan fingerprint density at radius 2 is 2.21 bits per heavy atom. The van der Waals surface area contributed by atoms with Crippen molar-refractivity contribution in [2.75, 3.05) is 27.2 Å². The summed E-state index contributed by atoms with van der Waals surface area (Å²) in [4.78, 5) is 15.9. The first-order valence-electron chi connectivity index (χ1n) is 5.96. The average molecular weight is 349 g/mol.